The van der Waals surface area contributed by atoms with Crippen LogP contribution in [0.5, 0.6) is 0 Å². The summed E-state index contributed by atoms with van der Waals surface area (Å²) in [5, 5.41) is 0.606. The Morgan fingerprint density at radius 3 is 2.94 bits per heavy atom. The molecule has 0 bridgehead atoms. The molecule has 3 nitrogen and oxygen atoms in total. The van der Waals surface area contributed by atoms with Crippen LogP contribution in [0.4, 0.5) is 5.82 Å². The van der Waals surface area contributed by atoms with Crippen LogP contribution in [0.3, 0.4) is 0 Å². The van der Waals surface area contributed by atoms with Crippen molar-refractivity contribution < 1.29 is 0 Å². The summed E-state index contributed by atoms with van der Waals surface area (Å²) in [5.41, 5.74) is 1.09. The van der Waals surface area contributed by atoms with E-state index in [0.29, 0.717) is 11.2 Å². The van der Waals surface area contributed by atoms with Gasteiger partial charge >= 0.3 is 0 Å². The summed E-state index contributed by atoms with van der Waals surface area (Å²) >= 11 is 6.16. The average molecular weight is 254 g/mol. The highest BCUT2D eigenvalue weighted by molar-refractivity contribution is 6.30. The maximum atomic E-state index is 6.16. The van der Waals surface area contributed by atoms with Gasteiger partial charge in [-0.3, -0.25) is 0 Å². The van der Waals surface area contributed by atoms with Gasteiger partial charge in [0, 0.05) is 18.2 Å². The molecule has 2 heterocycles. The Hall–Kier alpha value is -0.830. The summed E-state index contributed by atoms with van der Waals surface area (Å²) in [4.78, 5) is 10.9. The van der Waals surface area contributed by atoms with Crippen LogP contribution in [0.1, 0.15) is 45.1 Å². The van der Waals surface area contributed by atoms with Crippen LogP contribution in [0.25, 0.3) is 0 Å². The van der Waals surface area contributed by atoms with Gasteiger partial charge in [0.1, 0.15) is 17.3 Å². The first kappa shape index (κ1) is 12.6. The first-order chi connectivity index (χ1) is 8.24. The SMILES string of the molecule is CCc1c(Cl)ncnc1N1CCCCCC1C. The third-order valence-electron chi connectivity index (χ3n) is 3.55. The number of anilines is 1. The lowest BCUT2D eigenvalue weighted by atomic mass is 10.1. The number of rotatable bonds is 2. The fourth-order valence-electron chi connectivity index (χ4n) is 2.52. The first-order valence-corrected chi connectivity index (χ1v) is 6.87. The second kappa shape index (κ2) is 5.67. The fourth-order valence-corrected chi connectivity index (χ4v) is 2.79. The van der Waals surface area contributed by atoms with Gasteiger partial charge in [-0.15, -0.1) is 0 Å². The maximum Gasteiger partial charge on any atom is 0.137 e. The molecule has 0 amide bonds. The minimum Gasteiger partial charge on any atom is -0.354 e. The highest BCUT2D eigenvalue weighted by atomic mass is 35.5. The molecule has 1 saturated heterocycles. The van der Waals surface area contributed by atoms with Gasteiger partial charge in [-0.1, -0.05) is 31.4 Å². The van der Waals surface area contributed by atoms with E-state index in [0.717, 1.165) is 24.3 Å². The van der Waals surface area contributed by atoms with Gasteiger partial charge in [-0.05, 0) is 26.2 Å². The summed E-state index contributed by atoms with van der Waals surface area (Å²) in [5.74, 6) is 1.04. The number of hydrogen-bond acceptors (Lipinski definition) is 3. The lowest BCUT2D eigenvalue weighted by Gasteiger charge is -2.30. The summed E-state index contributed by atoms with van der Waals surface area (Å²) in [7, 11) is 0. The Labute approximate surface area is 108 Å². The van der Waals surface area contributed by atoms with E-state index in [9.17, 15) is 0 Å². The van der Waals surface area contributed by atoms with E-state index in [1.807, 2.05) is 0 Å². The third-order valence-corrected chi connectivity index (χ3v) is 3.87. The van der Waals surface area contributed by atoms with E-state index < -0.39 is 0 Å². The fraction of sp³-hybridized carbons (Fsp3) is 0.692. The molecular formula is C13H20ClN3. The van der Waals surface area contributed by atoms with Crippen LogP contribution in [-0.4, -0.2) is 22.6 Å². The molecule has 2 rings (SSSR count). The second-order valence-corrected chi connectivity index (χ2v) is 5.07. The smallest absolute Gasteiger partial charge is 0.137 e. The highest BCUT2D eigenvalue weighted by Crippen LogP contribution is 2.28. The maximum absolute atomic E-state index is 6.16. The third kappa shape index (κ3) is 2.71. The Morgan fingerprint density at radius 2 is 2.18 bits per heavy atom. The predicted octanol–water partition coefficient (Wildman–Crippen LogP) is 3.46. The van der Waals surface area contributed by atoms with Gasteiger partial charge in [-0.25, -0.2) is 9.97 Å². The zero-order valence-electron chi connectivity index (χ0n) is 10.6. The number of halogens is 1. The largest absolute Gasteiger partial charge is 0.354 e. The summed E-state index contributed by atoms with van der Waals surface area (Å²) < 4.78 is 0. The molecule has 0 saturated carbocycles. The molecule has 1 fully saturated rings. The normalized spacial score (nSPS) is 21.4. The van der Waals surface area contributed by atoms with Gasteiger partial charge in [0.2, 0.25) is 0 Å². The van der Waals surface area contributed by atoms with E-state index in [-0.39, 0.29) is 0 Å². The van der Waals surface area contributed by atoms with Gasteiger partial charge < -0.3 is 4.90 Å². The van der Waals surface area contributed by atoms with Crippen LogP contribution in [0.2, 0.25) is 5.15 Å². The Bertz CT molecular complexity index is 381. The molecule has 0 aromatic carbocycles. The Morgan fingerprint density at radius 1 is 1.35 bits per heavy atom. The zero-order chi connectivity index (χ0) is 12.3. The molecular weight excluding hydrogens is 234 g/mol. The lowest BCUT2D eigenvalue weighted by Crippen LogP contribution is -2.34. The van der Waals surface area contributed by atoms with Crippen molar-refractivity contribution in [1.29, 1.82) is 0 Å². The van der Waals surface area contributed by atoms with Crippen molar-refractivity contribution in [3.63, 3.8) is 0 Å². The van der Waals surface area contributed by atoms with Crippen LogP contribution in [-0.2, 0) is 6.42 Å². The Balaban J connectivity index is 2.34. The molecule has 1 aromatic rings. The Kier molecular flexibility index (Phi) is 4.21. The topological polar surface area (TPSA) is 29.0 Å². The van der Waals surface area contributed by atoms with Gasteiger partial charge in [0.05, 0.1) is 0 Å². The molecule has 1 aliphatic rings. The van der Waals surface area contributed by atoms with Gasteiger partial charge in [-0.2, -0.15) is 0 Å². The summed E-state index contributed by atoms with van der Waals surface area (Å²) in [6.45, 7) is 5.47. The van der Waals surface area contributed by atoms with E-state index in [2.05, 4.69) is 28.7 Å². The van der Waals surface area contributed by atoms with Crippen molar-refractivity contribution in [2.45, 2.75) is 52.0 Å². The van der Waals surface area contributed by atoms with Crippen molar-refractivity contribution in [2.24, 2.45) is 0 Å². The molecule has 0 N–H and O–H groups in total. The van der Waals surface area contributed by atoms with E-state index >= 15 is 0 Å². The standard InChI is InChI=1S/C13H20ClN3/c1-3-11-12(14)15-9-16-13(11)17-8-6-4-5-7-10(17)2/h9-10H,3-8H2,1-2H3. The van der Waals surface area contributed by atoms with Crippen molar-refractivity contribution in [3.8, 4) is 0 Å². The van der Waals surface area contributed by atoms with E-state index in [4.69, 9.17) is 11.6 Å². The molecule has 4 heteroatoms. The van der Waals surface area contributed by atoms with Crippen LogP contribution in [0.15, 0.2) is 6.33 Å². The van der Waals surface area contributed by atoms with Crippen molar-refractivity contribution in [1.82, 2.24) is 9.97 Å². The molecule has 0 spiro atoms. The van der Waals surface area contributed by atoms with Crippen LogP contribution >= 0.6 is 11.6 Å². The van der Waals surface area contributed by atoms with Gasteiger partial charge in [0.15, 0.2) is 0 Å². The molecule has 1 atom stereocenters. The molecule has 1 aliphatic heterocycles. The monoisotopic (exact) mass is 253 g/mol. The van der Waals surface area contributed by atoms with Crippen molar-refractivity contribution >= 4 is 17.4 Å². The molecule has 1 aromatic heterocycles. The number of hydrogen-bond donors (Lipinski definition) is 0. The summed E-state index contributed by atoms with van der Waals surface area (Å²) in [6.07, 6.45) is 7.59. The number of nitrogens with zero attached hydrogens (tertiary/aromatic N) is 3. The van der Waals surface area contributed by atoms with E-state index in [1.165, 1.54) is 25.7 Å². The minimum absolute atomic E-state index is 0.550. The predicted molar refractivity (Wildman–Crippen MR) is 71.7 cm³/mol. The van der Waals surface area contributed by atoms with Crippen molar-refractivity contribution in [2.75, 3.05) is 11.4 Å². The van der Waals surface area contributed by atoms with Crippen molar-refractivity contribution in [3.05, 3.63) is 17.0 Å². The van der Waals surface area contributed by atoms with Crippen LogP contribution in [0, 0.1) is 0 Å². The average Bonchev–Trinajstić information content (AvgIpc) is 2.53. The molecule has 1 unspecified atom stereocenters. The van der Waals surface area contributed by atoms with E-state index in [1.54, 1.807) is 6.33 Å². The minimum atomic E-state index is 0.550. The second-order valence-electron chi connectivity index (χ2n) is 4.71. The molecule has 94 valence electrons. The van der Waals surface area contributed by atoms with Crippen LogP contribution < -0.4 is 4.90 Å². The lowest BCUT2D eigenvalue weighted by molar-refractivity contribution is 0.608. The first-order valence-electron chi connectivity index (χ1n) is 6.50. The zero-order valence-corrected chi connectivity index (χ0v) is 11.4. The highest BCUT2D eigenvalue weighted by Gasteiger charge is 2.21. The summed E-state index contributed by atoms with van der Waals surface area (Å²) in [6, 6.07) is 0.550. The molecule has 0 radical (unpaired) electrons. The number of aromatic nitrogens is 2. The molecule has 17 heavy (non-hydrogen) atoms. The molecule has 0 aliphatic carbocycles. The quantitative estimate of drug-likeness (QED) is 0.756. The van der Waals surface area contributed by atoms with Gasteiger partial charge in [0.25, 0.3) is 0 Å².